The third-order valence-corrected chi connectivity index (χ3v) is 14.7. The molecule has 0 radical (unpaired) electrons. The minimum absolute atomic E-state index is 0.0465. The number of nitrogens with zero attached hydrogens (tertiary/aromatic N) is 1. The lowest BCUT2D eigenvalue weighted by Gasteiger charge is -2.64. The van der Waals surface area contributed by atoms with Crippen molar-refractivity contribution in [2.45, 2.75) is 110 Å². The van der Waals surface area contributed by atoms with E-state index in [2.05, 4.69) is 37.9 Å². The third kappa shape index (κ3) is 6.69. The van der Waals surface area contributed by atoms with Crippen LogP contribution >= 0.6 is 0 Å². The quantitative estimate of drug-likeness (QED) is 0.120. The maximum Gasteiger partial charge on any atom is 0.341 e. The van der Waals surface area contributed by atoms with Gasteiger partial charge in [-0.2, -0.15) is 0 Å². The molecule has 0 aliphatic heterocycles. The first kappa shape index (κ1) is 38.3. The highest BCUT2D eigenvalue weighted by Crippen LogP contribution is 2.69. The number of ether oxygens (including phenoxy) is 1. The fourth-order valence-corrected chi connectivity index (χ4v) is 11.8. The minimum Gasteiger partial charge on any atom is -0.481 e. The van der Waals surface area contributed by atoms with Crippen LogP contribution in [0.15, 0.2) is 48.5 Å². The summed E-state index contributed by atoms with van der Waals surface area (Å²) < 4.78 is 5.15. The number of esters is 1. The number of benzene rings is 2. The molecule has 0 saturated heterocycles. The summed E-state index contributed by atoms with van der Waals surface area (Å²) >= 11 is 0. The van der Waals surface area contributed by atoms with Crippen LogP contribution in [-0.2, 0) is 16.1 Å². The molecular formula is C45H56N2O7. The van der Waals surface area contributed by atoms with Gasteiger partial charge in [-0.15, -0.1) is 0 Å². The van der Waals surface area contributed by atoms with Crippen LogP contribution in [0, 0.1) is 65.1 Å². The van der Waals surface area contributed by atoms with Gasteiger partial charge >= 0.3 is 11.9 Å². The molecule has 0 amide bonds. The Morgan fingerprint density at radius 3 is 2.54 bits per heavy atom. The number of pyridine rings is 1. The van der Waals surface area contributed by atoms with E-state index >= 15 is 0 Å². The van der Waals surface area contributed by atoms with Gasteiger partial charge in [0.2, 0.25) is 0 Å². The lowest BCUT2D eigenvalue weighted by molar-refractivity contribution is -0.211. The highest BCUT2D eigenvalue weighted by molar-refractivity contribution is 6.06. The second kappa shape index (κ2) is 14.6. The van der Waals surface area contributed by atoms with E-state index in [9.17, 15) is 30.0 Å². The van der Waals surface area contributed by atoms with E-state index in [0.717, 1.165) is 30.2 Å². The van der Waals surface area contributed by atoms with Crippen LogP contribution < -0.4 is 5.32 Å². The van der Waals surface area contributed by atoms with Crippen molar-refractivity contribution < 1.29 is 34.8 Å². The first-order chi connectivity index (χ1) is 25.7. The maximum absolute atomic E-state index is 13.0. The SMILES string of the molecule is COC(=O)c1c(C)nc2ccc(C#CC3(O)CCC4(C)C(CC(O)C5C4CC(O)C4(C)C5CC[C@@H]4C(C)CCC(=O)O)C3)cc2c1NCc1ccccc1. The van der Waals surface area contributed by atoms with Gasteiger partial charge in [-0.3, -0.25) is 9.78 Å². The molecule has 3 aromatic rings. The molecule has 4 fully saturated rings. The number of carboxylic acid groups (broad SMARTS) is 1. The van der Waals surface area contributed by atoms with Gasteiger partial charge < -0.3 is 30.5 Å². The van der Waals surface area contributed by atoms with Gasteiger partial charge in [0.1, 0.15) is 11.2 Å². The molecule has 4 saturated carbocycles. The Morgan fingerprint density at radius 1 is 1.06 bits per heavy atom. The fourth-order valence-electron chi connectivity index (χ4n) is 11.8. The molecule has 1 aromatic heterocycles. The number of nitrogens with one attached hydrogen (secondary N) is 1. The minimum atomic E-state index is -1.23. The number of hydrogen-bond donors (Lipinski definition) is 5. The van der Waals surface area contributed by atoms with Gasteiger partial charge in [-0.25, -0.2) is 4.79 Å². The predicted octanol–water partition coefficient (Wildman–Crippen LogP) is 7.13. The standard InChI is InChI=1S/C45H56N2O7/c1-26(11-16-38(50)51)32-13-14-33-40-34(23-37(49)44(32,33)4)43(3)19-20-45(53,24-30(43)22-36(40)48)18-17-28-12-15-35-31(21-28)41(39(27(2)47-35)42(52)54-5)46-25-29-9-7-6-8-10-29/h6-10,12,15,21,26,30,32-34,36-37,40,48-49,53H,11,13-14,16,19-20,22-25H2,1-5H3,(H,46,47)(H,50,51)/t26?,30?,32-,33?,34?,36?,37?,40?,43?,44?,45?/m1/s1. The van der Waals surface area contributed by atoms with Crippen LogP contribution in [0.5, 0.6) is 0 Å². The highest BCUT2D eigenvalue weighted by atomic mass is 16.5. The number of hydrogen-bond acceptors (Lipinski definition) is 8. The van der Waals surface area contributed by atoms with Crippen LogP contribution in [0.4, 0.5) is 5.69 Å². The fraction of sp³-hybridized carbons (Fsp3) is 0.578. The number of carbonyl (C=O) groups excluding carboxylic acids is 1. The molecular weight excluding hydrogens is 681 g/mol. The second-order valence-corrected chi connectivity index (χ2v) is 17.5. The number of carbonyl (C=O) groups is 2. The Hall–Kier alpha value is -3.97. The lowest BCUT2D eigenvalue weighted by Crippen LogP contribution is -2.63. The Morgan fingerprint density at radius 2 is 1.81 bits per heavy atom. The molecule has 0 bridgehead atoms. The molecule has 2 aromatic carbocycles. The summed E-state index contributed by atoms with van der Waals surface area (Å²) in [5, 5.41) is 49.4. The third-order valence-electron chi connectivity index (χ3n) is 14.7. The molecule has 5 N–H and O–H groups in total. The Labute approximate surface area is 318 Å². The summed E-state index contributed by atoms with van der Waals surface area (Å²) in [6.07, 6.45) is 4.49. The predicted molar refractivity (Wildman–Crippen MR) is 207 cm³/mol. The highest BCUT2D eigenvalue weighted by Gasteiger charge is 2.66. The van der Waals surface area contributed by atoms with Crippen LogP contribution in [0.3, 0.4) is 0 Å². The van der Waals surface area contributed by atoms with E-state index in [1.165, 1.54) is 7.11 Å². The van der Waals surface area contributed by atoms with Gasteiger partial charge in [-0.1, -0.05) is 62.9 Å². The van der Waals surface area contributed by atoms with Crippen molar-refractivity contribution in [2.75, 3.05) is 12.4 Å². The Bertz CT molecular complexity index is 1970. The number of aryl methyl sites for hydroxylation is 1. The average molecular weight is 737 g/mol. The van der Waals surface area contributed by atoms with E-state index in [-0.39, 0.29) is 52.8 Å². The van der Waals surface area contributed by atoms with Gasteiger partial charge in [0.15, 0.2) is 0 Å². The molecule has 1 heterocycles. The van der Waals surface area contributed by atoms with Gasteiger partial charge in [0, 0.05) is 23.9 Å². The average Bonchev–Trinajstić information content (AvgIpc) is 3.51. The zero-order chi connectivity index (χ0) is 38.6. The molecule has 7 rings (SSSR count). The smallest absolute Gasteiger partial charge is 0.341 e. The molecule has 10 unspecified atom stereocenters. The molecule has 54 heavy (non-hydrogen) atoms. The zero-order valence-corrected chi connectivity index (χ0v) is 32.3. The molecule has 288 valence electrons. The lowest BCUT2D eigenvalue weighted by atomic mass is 9.42. The van der Waals surface area contributed by atoms with E-state index in [4.69, 9.17) is 9.72 Å². The Kier molecular flexibility index (Phi) is 10.4. The van der Waals surface area contributed by atoms with Crippen LogP contribution in [0.2, 0.25) is 0 Å². The first-order valence-corrected chi connectivity index (χ1v) is 19.8. The zero-order valence-electron chi connectivity index (χ0n) is 32.3. The van der Waals surface area contributed by atoms with Gasteiger partial charge in [0.25, 0.3) is 0 Å². The van der Waals surface area contributed by atoms with Crippen LogP contribution in [-0.4, -0.2) is 62.3 Å². The topological polar surface area (TPSA) is 149 Å². The molecule has 0 spiro atoms. The van der Waals surface area contributed by atoms with Crippen LogP contribution in [0.1, 0.15) is 106 Å². The molecule has 9 heteroatoms. The number of carboxylic acids is 1. The maximum atomic E-state index is 13.0. The van der Waals surface area contributed by atoms with E-state index in [1.807, 2.05) is 48.5 Å². The number of aliphatic hydroxyl groups is 3. The molecule has 4 aliphatic carbocycles. The number of fused-ring (bicyclic) bond motifs is 6. The van der Waals surface area contributed by atoms with Crippen molar-refractivity contribution in [3.8, 4) is 11.8 Å². The largest absolute Gasteiger partial charge is 0.481 e. The molecule has 9 nitrogen and oxygen atoms in total. The first-order valence-electron chi connectivity index (χ1n) is 19.8. The van der Waals surface area contributed by atoms with E-state index in [0.29, 0.717) is 66.7 Å². The summed E-state index contributed by atoms with van der Waals surface area (Å²) in [6.45, 7) is 8.94. The van der Waals surface area contributed by atoms with Crippen molar-refractivity contribution in [3.05, 3.63) is 70.9 Å². The summed E-state index contributed by atoms with van der Waals surface area (Å²) in [5.41, 5.74) is 2.30. The van der Waals surface area contributed by atoms with Gasteiger partial charge in [-0.05, 0) is 128 Å². The molecule has 4 aliphatic rings. The van der Waals surface area contributed by atoms with Gasteiger partial charge in [0.05, 0.1) is 36.2 Å². The number of aliphatic hydroxyl groups excluding tert-OH is 2. The monoisotopic (exact) mass is 736 g/mol. The van der Waals surface area contributed by atoms with Crippen molar-refractivity contribution in [1.82, 2.24) is 4.98 Å². The van der Waals surface area contributed by atoms with Crippen LogP contribution in [0.25, 0.3) is 10.9 Å². The normalized spacial score (nSPS) is 34.8. The van der Waals surface area contributed by atoms with Crippen molar-refractivity contribution in [1.29, 1.82) is 0 Å². The van der Waals surface area contributed by atoms with Crippen molar-refractivity contribution in [3.63, 3.8) is 0 Å². The summed E-state index contributed by atoms with van der Waals surface area (Å²) in [7, 11) is 1.36. The Balaban J connectivity index is 1.13. The number of rotatable bonds is 8. The number of aromatic nitrogens is 1. The summed E-state index contributed by atoms with van der Waals surface area (Å²) in [6, 6.07) is 15.6. The van der Waals surface area contributed by atoms with E-state index in [1.54, 1.807) is 6.92 Å². The van der Waals surface area contributed by atoms with Crippen molar-refractivity contribution in [2.24, 2.45) is 46.3 Å². The number of anilines is 1. The second-order valence-electron chi connectivity index (χ2n) is 17.5. The summed E-state index contributed by atoms with van der Waals surface area (Å²) in [4.78, 5) is 29.0. The summed E-state index contributed by atoms with van der Waals surface area (Å²) in [5.74, 6) is 6.09. The number of methoxy groups -OCH3 is 1. The molecule has 11 atom stereocenters. The van der Waals surface area contributed by atoms with Crippen molar-refractivity contribution >= 4 is 28.5 Å². The van der Waals surface area contributed by atoms with E-state index < -0.39 is 29.7 Å². The number of aliphatic carboxylic acids is 1.